The molecule has 4 nitrogen and oxygen atoms in total. The number of nitrogens with zero attached hydrogens (tertiary/aromatic N) is 1. The summed E-state index contributed by atoms with van der Waals surface area (Å²) in [6.45, 7) is 10.8. The van der Waals surface area contributed by atoms with Crippen molar-refractivity contribution >= 4 is 11.8 Å². The summed E-state index contributed by atoms with van der Waals surface area (Å²) in [7, 11) is 0. The molecular weight excluding hydrogens is 348 g/mol. The van der Waals surface area contributed by atoms with Crippen molar-refractivity contribution < 1.29 is 9.59 Å². The molecule has 2 heterocycles. The van der Waals surface area contributed by atoms with Gasteiger partial charge in [-0.3, -0.25) is 9.59 Å². The number of benzene rings is 1. The highest BCUT2D eigenvalue weighted by Gasteiger charge is 2.52. The van der Waals surface area contributed by atoms with Gasteiger partial charge >= 0.3 is 0 Å². The fourth-order valence-corrected chi connectivity index (χ4v) is 5.27. The average molecular weight is 383 g/mol. The molecule has 28 heavy (non-hydrogen) atoms. The first kappa shape index (κ1) is 19.5. The lowest BCUT2D eigenvalue weighted by atomic mass is 9.66. The molecule has 0 radical (unpaired) electrons. The van der Waals surface area contributed by atoms with E-state index < -0.39 is 0 Å². The maximum absolute atomic E-state index is 12.9. The minimum absolute atomic E-state index is 0.0604. The molecule has 152 valence electrons. The van der Waals surface area contributed by atoms with Crippen LogP contribution in [0.4, 0.5) is 0 Å². The first-order chi connectivity index (χ1) is 13.1. The summed E-state index contributed by atoms with van der Waals surface area (Å²) in [5.41, 5.74) is 3.01. The lowest BCUT2D eigenvalue weighted by Gasteiger charge is -2.47. The fraction of sp³-hybridized carbons (Fsp3) is 0.667. The summed E-state index contributed by atoms with van der Waals surface area (Å²) in [5, 5.41) is 3.10. The molecule has 1 N–H and O–H groups in total. The second-order valence-electron chi connectivity index (χ2n) is 10.7. The monoisotopic (exact) mass is 382 g/mol. The Kier molecular flexibility index (Phi) is 4.59. The predicted octanol–water partition coefficient (Wildman–Crippen LogP) is 3.92. The zero-order chi connectivity index (χ0) is 20.2. The second-order valence-corrected chi connectivity index (χ2v) is 10.7. The van der Waals surface area contributed by atoms with Crippen molar-refractivity contribution in [2.24, 2.45) is 5.92 Å². The Morgan fingerprint density at radius 3 is 2.39 bits per heavy atom. The lowest BCUT2D eigenvalue weighted by Crippen LogP contribution is -2.57. The smallest absolute Gasteiger partial charge is 0.225 e. The maximum Gasteiger partial charge on any atom is 0.225 e. The van der Waals surface area contributed by atoms with Crippen LogP contribution < -0.4 is 5.32 Å². The number of carbonyl (C=O) groups is 2. The Bertz CT molecular complexity index is 778. The first-order valence-electron chi connectivity index (χ1n) is 10.8. The van der Waals surface area contributed by atoms with Crippen molar-refractivity contribution in [1.29, 1.82) is 0 Å². The third-order valence-corrected chi connectivity index (χ3v) is 7.46. The van der Waals surface area contributed by atoms with Crippen molar-refractivity contribution in [3.05, 3.63) is 35.4 Å². The molecule has 1 aliphatic carbocycles. The molecule has 0 atom stereocenters. The lowest BCUT2D eigenvalue weighted by molar-refractivity contribution is -0.143. The Morgan fingerprint density at radius 1 is 1.14 bits per heavy atom. The van der Waals surface area contributed by atoms with E-state index in [-0.39, 0.29) is 28.2 Å². The molecule has 2 amide bonds. The average Bonchev–Trinajstić information content (AvgIpc) is 3.02. The summed E-state index contributed by atoms with van der Waals surface area (Å²) in [6.07, 6.45) is 5.22. The normalized spacial score (nSPS) is 29.5. The Balaban J connectivity index is 1.37. The minimum Gasteiger partial charge on any atom is -0.351 e. The molecule has 0 unspecified atom stereocenters. The van der Waals surface area contributed by atoms with Crippen LogP contribution in [0.2, 0.25) is 0 Å². The zero-order valence-electron chi connectivity index (χ0n) is 17.8. The summed E-state index contributed by atoms with van der Waals surface area (Å²) in [6, 6.07) is 9.03. The number of nitrogens with one attached hydrogen (secondary N) is 1. The van der Waals surface area contributed by atoms with E-state index in [9.17, 15) is 9.59 Å². The van der Waals surface area contributed by atoms with E-state index in [4.69, 9.17) is 0 Å². The van der Waals surface area contributed by atoms with Gasteiger partial charge in [0.2, 0.25) is 11.8 Å². The number of hydrogen-bond donors (Lipinski definition) is 1. The van der Waals surface area contributed by atoms with Crippen LogP contribution in [0.1, 0.15) is 77.3 Å². The number of rotatable bonds is 2. The van der Waals surface area contributed by atoms with Gasteiger partial charge in [0, 0.05) is 31.0 Å². The van der Waals surface area contributed by atoms with Gasteiger partial charge in [0.05, 0.1) is 0 Å². The van der Waals surface area contributed by atoms with Crippen LogP contribution in [0, 0.1) is 5.92 Å². The molecule has 2 aliphatic heterocycles. The van der Waals surface area contributed by atoms with Gasteiger partial charge in [0.25, 0.3) is 0 Å². The zero-order valence-corrected chi connectivity index (χ0v) is 17.8. The number of carbonyl (C=O) groups excluding carboxylic acids is 2. The highest BCUT2D eigenvalue weighted by atomic mass is 16.2. The van der Waals surface area contributed by atoms with Gasteiger partial charge in [-0.2, -0.15) is 0 Å². The van der Waals surface area contributed by atoms with Crippen LogP contribution in [0.15, 0.2) is 24.3 Å². The Labute approximate surface area is 169 Å². The predicted molar refractivity (Wildman–Crippen MR) is 111 cm³/mol. The van der Waals surface area contributed by atoms with Crippen LogP contribution in [-0.4, -0.2) is 35.3 Å². The molecule has 0 bridgehead atoms. The van der Waals surface area contributed by atoms with Gasteiger partial charge in [-0.1, -0.05) is 52.0 Å². The highest BCUT2D eigenvalue weighted by Crippen LogP contribution is 2.45. The summed E-state index contributed by atoms with van der Waals surface area (Å²) in [5.74, 6) is 0.557. The summed E-state index contributed by atoms with van der Waals surface area (Å²) in [4.78, 5) is 26.5. The third-order valence-electron chi connectivity index (χ3n) is 7.46. The van der Waals surface area contributed by atoms with Crippen molar-refractivity contribution in [1.82, 2.24) is 10.2 Å². The van der Waals surface area contributed by atoms with Gasteiger partial charge in [-0.05, 0) is 54.1 Å². The third kappa shape index (κ3) is 3.46. The quantitative estimate of drug-likeness (QED) is 0.843. The van der Waals surface area contributed by atoms with Crippen LogP contribution in [0.3, 0.4) is 0 Å². The van der Waals surface area contributed by atoms with Crippen molar-refractivity contribution in [2.75, 3.05) is 13.1 Å². The highest BCUT2D eigenvalue weighted by molar-refractivity contribution is 5.83. The summed E-state index contributed by atoms with van der Waals surface area (Å²) < 4.78 is 0. The molecule has 4 heteroatoms. The molecule has 1 aromatic rings. The van der Waals surface area contributed by atoms with Gasteiger partial charge < -0.3 is 10.2 Å². The topological polar surface area (TPSA) is 49.4 Å². The molecule has 3 aliphatic rings. The molecule has 1 aromatic carbocycles. The molecule has 3 fully saturated rings. The molecular formula is C24H34N2O2. The SMILES string of the molecule is CC(C)(C)c1cccc(C2(C)CCN(C(=O)C3CC4(CCC(=O)N4)C3)CC2)c1. The van der Waals surface area contributed by atoms with Crippen LogP contribution in [0.25, 0.3) is 0 Å². The van der Waals surface area contributed by atoms with Crippen LogP contribution in [-0.2, 0) is 20.4 Å². The van der Waals surface area contributed by atoms with E-state index in [1.165, 1.54) is 11.1 Å². The van der Waals surface area contributed by atoms with Crippen molar-refractivity contribution in [3.8, 4) is 0 Å². The van der Waals surface area contributed by atoms with Crippen LogP contribution in [0.5, 0.6) is 0 Å². The van der Waals surface area contributed by atoms with E-state index in [0.29, 0.717) is 12.3 Å². The van der Waals surface area contributed by atoms with Crippen molar-refractivity contribution in [3.63, 3.8) is 0 Å². The molecule has 4 rings (SSSR count). The molecule has 1 spiro atoms. The Hall–Kier alpha value is -1.84. The van der Waals surface area contributed by atoms with Gasteiger partial charge in [-0.15, -0.1) is 0 Å². The summed E-state index contributed by atoms with van der Waals surface area (Å²) >= 11 is 0. The van der Waals surface area contributed by atoms with E-state index in [1.54, 1.807) is 0 Å². The standard InChI is InChI=1S/C24H34N2O2/c1-22(2,3)18-6-5-7-19(14-18)23(4)10-12-26(13-11-23)21(28)17-15-24(16-17)9-8-20(27)25-24/h5-7,14,17H,8-13,15-16H2,1-4H3,(H,25,27). The minimum atomic E-state index is -0.0604. The van der Waals surface area contributed by atoms with Gasteiger partial charge in [0.15, 0.2) is 0 Å². The van der Waals surface area contributed by atoms with Gasteiger partial charge in [-0.25, -0.2) is 0 Å². The molecule has 1 saturated carbocycles. The first-order valence-corrected chi connectivity index (χ1v) is 10.8. The fourth-order valence-electron chi connectivity index (χ4n) is 5.27. The number of amides is 2. The van der Waals surface area contributed by atoms with E-state index >= 15 is 0 Å². The Morgan fingerprint density at radius 2 is 1.82 bits per heavy atom. The largest absolute Gasteiger partial charge is 0.351 e. The van der Waals surface area contributed by atoms with E-state index in [1.807, 2.05) is 0 Å². The second kappa shape index (κ2) is 6.60. The maximum atomic E-state index is 12.9. The number of likely N-dealkylation sites (tertiary alicyclic amines) is 1. The molecule has 0 aromatic heterocycles. The van der Waals surface area contributed by atoms with Crippen LogP contribution >= 0.6 is 0 Å². The number of hydrogen-bond acceptors (Lipinski definition) is 2. The van der Waals surface area contributed by atoms with Gasteiger partial charge in [0.1, 0.15) is 0 Å². The van der Waals surface area contributed by atoms with E-state index in [0.717, 1.165) is 45.2 Å². The van der Waals surface area contributed by atoms with Crippen molar-refractivity contribution in [2.45, 2.75) is 82.6 Å². The number of piperidine rings is 1. The molecule has 2 saturated heterocycles. The van der Waals surface area contributed by atoms with E-state index in [2.05, 4.69) is 62.2 Å².